The number of nitrogens with two attached hydrogens (primary N) is 1. The van der Waals surface area contributed by atoms with Crippen LogP contribution in [0.15, 0.2) is 58.3 Å². The number of urea groups is 1. The third-order valence-electron chi connectivity index (χ3n) is 5.81. The third-order valence-corrected chi connectivity index (χ3v) is 5.81. The number of nitrogens with one attached hydrogen (secondary N) is 3. The molecule has 2 amide bonds. The number of benzene rings is 2. The molecule has 1 atom stereocenters. The van der Waals surface area contributed by atoms with E-state index in [1.165, 1.54) is 6.34 Å². The van der Waals surface area contributed by atoms with Crippen molar-refractivity contribution in [2.45, 2.75) is 6.18 Å². The van der Waals surface area contributed by atoms with Crippen molar-refractivity contribution in [2.24, 2.45) is 21.7 Å². The fourth-order valence-electron chi connectivity index (χ4n) is 4.12. The van der Waals surface area contributed by atoms with Crippen molar-refractivity contribution in [1.29, 1.82) is 0 Å². The van der Waals surface area contributed by atoms with Gasteiger partial charge >= 0.3 is 12.2 Å². The maximum atomic E-state index is 14.0. The van der Waals surface area contributed by atoms with Crippen LogP contribution >= 0.6 is 0 Å². The molecule has 0 spiro atoms. The second kappa shape index (κ2) is 11.0. The van der Waals surface area contributed by atoms with E-state index in [0.717, 1.165) is 11.1 Å². The number of hydrogen-bond acceptors (Lipinski definition) is 7. The van der Waals surface area contributed by atoms with Crippen LogP contribution in [-0.2, 0) is 10.9 Å². The van der Waals surface area contributed by atoms with Gasteiger partial charge in [-0.1, -0.05) is 12.1 Å². The molecule has 2 aromatic rings. The first kappa shape index (κ1) is 26.1. The van der Waals surface area contributed by atoms with Crippen molar-refractivity contribution in [1.82, 2.24) is 10.3 Å². The molecule has 0 bridgehead atoms. The zero-order chi connectivity index (χ0) is 26.6. The highest BCUT2D eigenvalue weighted by molar-refractivity contribution is 6.08. The minimum atomic E-state index is -4.67. The molecule has 5 N–H and O–H groups in total. The number of carbonyl (C=O) groups excluding carboxylic acids is 1. The van der Waals surface area contributed by atoms with Crippen LogP contribution in [0.25, 0.3) is 5.57 Å². The number of amidine groups is 1. The highest BCUT2D eigenvalue weighted by Gasteiger charge is 2.35. The van der Waals surface area contributed by atoms with Gasteiger partial charge in [-0.25, -0.2) is 14.2 Å². The molecule has 2 aliphatic rings. The van der Waals surface area contributed by atoms with Gasteiger partial charge in [0.2, 0.25) is 0 Å². The number of amides is 2. The first-order valence-corrected chi connectivity index (χ1v) is 11.3. The molecule has 4 rings (SSSR count). The lowest BCUT2D eigenvalue weighted by atomic mass is 9.93. The van der Waals surface area contributed by atoms with Crippen molar-refractivity contribution in [3.8, 4) is 0 Å². The van der Waals surface area contributed by atoms with E-state index in [-0.39, 0.29) is 5.92 Å². The number of methoxy groups -OCH3 is 1. The van der Waals surface area contributed by atoms with Gasteiger partial charge in [0.05, 0.1) is 17.9 Å². The van der Waals surface area contributed by atoms with Crippen molar-refractivity contribution in [3.63, 3.8) is 0 Å². The fraction of sp³-hybridized carbons (Fsp3) is 0.292. The topological polar surface area (TPSA) is 116 Å². The number of hydrogen-bond donors (Lipinski definition) is 4. The van der Waals surface area contributed by atoms with Crippen LogP contribution in [0.2, 0.25) is 0 Å². The lowest BCUT2D eigenvalue weighted by molar-refractivity contribution is -0.137. The fourth-order valence-corrected chi connectivity index (χ4v) is 4.12. The summed E-state index contributed by atoms with van der Waals surface area (Å²) in [5.41, 5.74) is 7.33. The molecular formula is C24H25F4N7O2. The molecular weight excluding hydrogens is 494 g/mol. The molecule has 13 heteroatoms. The maximum Gasteiger partial charge on any atom is 0.416 e. The monoisotopic (exact) mass is 519 g/mol. The predicted molar refractivity (Wildman–Crippen MR) is 132 cm³/mol. The lowest BCUT2D eigenvalue weighted by Gasteiger charge is -2.18. The quantitative estimate of drug-likeness (QED) is 0.314. The van der Waals surface area contributed by atoms with E-state index in [0.29, 0.717) is 61.7 Å². The van der Waals surface area contributed by atoms with Gasteiger partial charge in [0, 0.05) is 38.3 Å². The van der Waals surface area contributed by atoms with Gasteiger partial charge in [-0.2, -0.15) is 18.3 Å². The number of alkyl halides is 3. The summed E-state index contributed by atoms with van der Waals surface area (Å²) in [6, 6.07) is 7.71. The lowest BCUT2D eigenvalue weighted by Crippen LogP contribution is -2.30. The number of anilines is 2. The van der Waals surface area contributed by atoms with Gasteiger partial charge in [-0.15, -0.1) is 0 Å². The largest absolute Gasteiger partial charge is 0.416 e. The standard InChI is InChI=1S/C24H25F4N7O2/c1-37-9-8-30-11-15-12-35-21(22(29)31-13-32-35)20(15)14-2-5-17(6-3-14)33-23(36)34-19-10-16(24(26,27)28)4-7-18(19)25/h2-7,10,13,15,30H,8-9,11-12H2,1H3,(H2,29,31,32)(H2,33,34,36). The Hall–Kier alpha value is -3.97. The zero-order valence-corrected chi connectivity index (χ0v) is 19.8. The summed E-state index contributed by atoms with van der Waals surface area (Å²) in [7, 11) is 1.63. The number of halogens is 4. The number of fused-ring (bicyclic) bond motifs is 1. The summed E-state index contributed by atoms with van der Waals surface area (Å²) in [5, 5.41) is 14.1. The molecule has 2 heterocycles. The van der Waals surface area contributed by atoms with E-state index in [9.17, 15) is 22.4 Å². The van der Waals surface area contributed by atoms with Gasteiger partial charge in [-0.05, 0) is 41.5 Å². The highest BCUT2D eigenvalue weighted by atomic mass is 19.4. The number of ether oxygens (including phenoxy) is 1. The minimum Gasteiger partial charge on any atom is -0.383 e. The molecule has 37 heavy (non-hydrogen) atoms. The normalized spacial score (nSPS) is 17.1. The Bertz CT molecular complexity index is 1240. The van der Waals surface area contributed by atoms with Crippen molar-refractivity contribution >= 4 is 35.2 Å². The Morgan fingerprint density at radius 1 is 1.19 bits per heavy atom. The summed E-state index contributed by atoms with van der Waals surface area (Å²) in [6.45, 7) is 2.48. The van der Waals surface area contributed by atoms with Gasteiger partial charge in [-0.3, -0.25) is 5.01 Å². The van der Waals surface area contributed by atoms with Crippen LogP contribution in [0, 0.1) is 11.7 Å². The van der Waals surface area contributed by atoms with Gasteiger partial charge < -0.3 is 26.4 Å². The van der Waals surface area contributed by atoms with Crippen LogP contribution in [0.1, 0.15) is 11.1 Å². The van der Waals surface area contributed by atoms with Crippen molar-refractivity contribution in [3.05, 3.63) is 65.1 Å². The van der Waals surface area contributed by atoms with E-state index in [4.69, 9.17) is 10.5 Å². The molecule has 0 radical (unpaired) electrons. The SMILES string of the molecule is COCCNCC1CN2N=CN=C(N)C2=C1c1ccc(NC(=O)Nc2cc(C(F)(F)F)ccc2F)cc1. The molecule has 0 fully saturated rings. The Morgan fingerprint density at radius 3 is 2.65 bits per heavy atom. The Morgan fingerprint density at radius 2 is 1.95 bits per heavy atom. The predicted octanol–water partition coefficient (Wildman–Crippen LogP) is 3.68. The average molecular weight is 520 g/mol. The molecule has 0 aliphatic carbocycles. The maximum absolute atomic E-state index is 14.0. The van der Waals surface area contributed by atoms with E-state index in [2.05, 4.69) is 26.0 Å². The number of hydrazone groups is 1. The number of rotatable bonds is 8. The number of carbonyl (C=O) groups is 1. The van der Waals surface area contributed by atoms with Gasteiger partial charge in [0.1, 0.15) is 17.9 Å². The summed E-state index contributed by atoms with van der Waals surface area (Å²) in [4.78, 5) is 16.5. The average Bonchev–Trinajstić information content (AvgIpc) is 3.22. The highest BCUT2D eigenvalue weighted by Crippen LogP contribution is 2.37. The molecule has 0 aromatic heterocycles. The second-order valence-corrected chi connectivity index (χ2v) is 8.33. The smallest absolute Gasteiger partial charge is 0.383 e. The number of nitrogens with zero attached hydrogens (tertiary/aromatic N) is 3. The molecule has 2 aromatic carbocycles. The van der Waals surface area contributed by atoms with Crippen LogP contribution in [0.3, 0.4) is 0 Å². The van der Waals surface area contributed by atoms with Crippen molar-refractivity contribution < 1.29 is 27.1 Å². The van der Waals surface area contributed by atoms with Crippen molar-refractivity contribution in [2.75, 3.05) is 44.0 Å². The van der Waals surface area contributed by atoms with Crippen LogP contribution in [0.5, 0.6) is 0 Å². The number of aliphatic imine (C=N–C) groups is 1. The third kappa shape index (κ3) is 6.06. The zero-order valence-electron chi connectivity index (χ0n) is 19.8. The summed E-state index contributed by atoms with van der Waals surface area (Å²) >= 11 is 0. The van der Waals surface area contributed by atoms with Crippen LogP contribution < -0.4 is 21.7 Å². The van der Waals surface area contributed by atoms with E-state index in [1.54, 1.807) is 36.4 Å². The van der Waals surface area contributed by atoms with Crippen LogP contribution in [-0.4, -0.2) is 56.6 Å². The summed E-state index contributed by atoms with van der Waals surface area (Å²) in [6.07, 6.45) is -3.27. The van der Waals surface area contributed by atoms with Crippen LogP contribution in [0.4, 0.5) is 33.7 Å². The molecule has 1 unspecified atom stereocenters. The van der Waals surface area contributed by atoms with E-state index in [1.807, 2.05) is 0 Å². The summed E-state index contributed by atoms with van der Waals surface area (Å²) in [5.74, 6) is -0.604. The van der Waals surface area contributed by atoms with Gasteiger partial charge in [0.25, 0.3) is 0 Å². The molecule has 9 nitrogen and oxygen atoms in total. The Labute approximate surface area is 210 Å². The van der Waals surface area contributed by atoms with E-state index < -0.39 is 29.3 Å². The Kier molecular flexibility index (Phi) is 7.74. The Balaban J connectivity index is 1.49. The molecule has 196 valence electrons. The summed E-state index contributed by atoms with van der Waals surface area (Å²) < 4.78 is 57.8. The first-order valence-electron chi connectivity index (χ1n) is 11.3. The van der Waals surface area contributed by atoms with Gasteiger partial charge in [0.15, 0.2) is 5.84 Å². The molecule has 2 aliphatic heterocycles. The second-order valence-electron chi connectivity index (χ2n) is 8.33. The molecule has 0 saturated carbocycles. The first-order chi connectivity index (χ1) is 17.7. The van der Waals surface area contributed by atoms with E-state index >= 15 is 0 Å². The molecule has 0 saturated heterocycles. The minimum absolute atomic E-state index is 0.0434.